The summed E-state index contributed by atoms with van der Waals surface area (Å²) in [6, 6.07) is 14.8. The van der Waals surface area contributed by atoms with E-state index in [1.807, 2.05) is 42.5 Å². The van der Waals surface area contributed by atoms with E-state index in [2.05, 4.69) is 5.32 Å². The van der Waals surface area contributed by atoms with Crippen LogP contribution in [0, 0.1) is 0 Å². The molecule has 0 saturated carbocycles. The Balaban J connectivity index is 0.00000312. The number of hydrogen-bond donors (Lipinski definition) is 1. The van der Waals surface area contributed by atoms with Crippen molar-refractivity contribution in [2.24, 2.45) is 0 Å². The van der Waals surface area contributed by atoms with Crippen LogP contribution in [0.25, 0.3) is 0 Å². The summed E-state index contributed by atoms with van der Waals surface area (Å²) in [4.78, 5) is 12.1. The predicted octanol–water partition coefficient (Wildman–Crippen LogP) is -1.08. The molecule has 25 heavy (non-hydrogen) atoms. The molecule has 0 aliphatic heterocycles. The maximum absolute atomic E-state index is 12.1. The number of para-hydroxylation sites is 2. The average Bonchev–Trinajstić information content (AvgIpc) is 2.64. The number of carbonyl (C=O) groups excluding carboxylic acids is 1. The van der Waals surface area contributed by atoms with Gasteiger partial charge in [0.05, 0.1) is 27.2 Å². The van der Waals surface area contributed by atoms with Crippen LogP contribution in [-0.2, 0) is 0 Å². The minimum absolute atomic E-state index is 0. The summed E-state index contributed by atoms with van der Waals surface area (Å²) >= 11 is 0. The van der Waals surface area contributed by atoms with Gasteiger partial charge in [-0.25, -0.2) is 0 Å². The van der Waals surface area contributed by atoms with Crippen molar-refractivity contribution in [1.82, 2.24) is 0 Å². The highest BCUT2D eigenvalue weighted by atomic mass is 35.5. The summed E-state index contributed by atoms with van der Waals surface area (Å²) in [5, 5.41) is 2.08. The minimum Gasteiger partial charge on any atom is -1.00 e. The maximum atomic E-state index is 12.1. The third-order valence-corrected chi connectivity index (χ3v) is 3.62. The summed E-state index contributed by atoms with van der Waals surface area (Å²) in [6.45, 7) is 2.07. The Morgan fingerprint density at radius 1 is 0.960 bits per heavy atom. The average molecular weight is 366 g/mol. The molecule has 0 atom stereocenters. The van der Waals surface area contributed by atoms with Gasteiger partial charge in [-0.2, -0.15) is 0 Å². The molecular formula is C19H24ClNO4. The van der Waals surface area contributed by atoms with Crippen LogP contribution in [0.2, 0.25) is 0 Å². The van der Waals surface area contributed by atoms with Gasteiger partial charge in [0.1, 0.15) is 18.9 Å². The molecule has 2 rings (SSSR count). The monoisotopic (exact) mass is 365 g/mol. The highest BCUT2D eigenvalue weighted by Crippen LogP contribution is 2.25. The Morgan fingerprint density at radius 3 is 2.44 bits per heavy atom. The Morgan fingerprint density at radius 2 is 1.72 bits per heavy atom. The molecule has 0 aliphatic carbocycles. The summed E-state index contributed by atoms with van der Waals surface area (Å²) < 4.78 is 16.1. The van der Waals surface area contributed by atoms with E-state index in [0.717, 1.165) is 24.6 Å². The molecule has 0 heterocycles. The highest BCUT2D eigenvalue weighted by Gasteiger charge is 2.08. The van der Waals surface area contributed by atoms with Gasteiger partial charge in [-0.3, -0.25) is 4.79 Å². The van der Waals surface area contributed by atoms with Gasteiger partial charge in [-0.15, -0.1) is 0 Å². The van der Waals surface area contributed by atoms with E-state index in [1.165, 1.54) is 0 Å². The van der Waals surface area contributed by atoms with Crippen LogP contribution >= 0.6 is 0 Å². The predicted molar refractivity (Wildman–Crippen MR) is 92.1 cm³/mol. The summed E-state index contributed by atoms with van der Waals surface area (Å²) in [6.07, 6.45) is 0.488. The fourth-order valence-electron chi connectivity index (χ4n) is 2.31. The van der Waals surface area contributed by atoms with E-state index in [9.17, 15) is 4.79 Å². The number of nitrogens with two attached hydrogens (primary N) is 1. The van der Waals surface area contributed by atoms with Crippen LogP contribution in [0.5, 0.6) is 17.2 Å². The molecule has 5 nitrogen and oxygen atoms in total. The second-order valence-electron chi connectivity index (χ2n) is 5.27. The normalized spacial score (nSPS) is 9.84. The molecule has 0 saturated heterocycles. The number of benzene rings is 2. The molecule has 2 aromatic rings. The summed E-state index contributed by atoms with van der Waals surface area (Å²) in [5.74, 6) is 2.29. The number of ether oxygens (including phenoxy) is 3. The lowest BCUT2D eigenvalue weighted by Gasteiger charge is -2.09. The van der Waals surface area contributed by atoms with Crippen LogP contribution in [0.3, 0.4) is 0 Å². The van der Waals surface area contributed by atoms with Crippen molar-refractivity contribution in [2.45, 2.75) is 6.42 Å². The van der Waals surface area contributed by atoms with Crippen molar-refractivity contribution in [3.63, 3.8) is 0 Å². The third kappa shape index (κ3) is 6.64. The number of methoxy groups -OCH3 is 2. The molecule has 0 radical (unpaired) electrons. The van der Waals surface area contributed by atoms with E-state index in [1.54, 1.807) is 20.3 Å². The van der Waals surface area contributed by atoms with Gasteiger partial charge in [-0.1, -0.05) is 24.3 Å². The molecule has 0 fully saturated rings. The molecule has 0 unspecified atom stereocenters. The maximum Gasteiger partial charge on any atom is 0.168 e. The molecule has 0 aliphatic rings. The fraction of sp³-hybridized carbons (Fsp3) is 0.316. The van der Waals surface area contributed by atoms with Crippen molar-refractivity contribution in [1.29, 1.82) is 0 Å². The number of ketones is 1. The quantitative estimate of drug-likeness (QED) is 0.430. The van der Waals surface area contributed by atoms with Crippen molar-refractivity contribution >= 4 is 5.78 Å². The molecule has 0 spiro atoms. The Kier molecular flexibility index (Phi) is 9.43. The van der Waals surface area contributed by atoms with Gasteiger partial charge in [0, 0.05) is 5.56 Å². The first-order valence-electron chi connectivity index (χ1n) is 7.99. The van der Waals surface area contributed by atoms with Crippen LogP contribution in [0.15, 0.2) is 48.5 Å². The lowest BCUT2D eigenvalue weighted by atomic mass is 10.1. The van der Waals surface area contributed by atoms with Crippen molar-refractivity contribution in [2.75, 3.05) is 33.9 Å². The van der Waals surface area contributed by atoms with Crippen LogP contribution in [0.4, 0.5) is 0 Å². The van der Waals surface area contributed by atoms with Gasteiger partial charge < -0.3 is 31.9 Å². The lowest BCUT2D eigenvalue weighted by Crippen LogP contribution is -3.00. The second-order valence-corrected chi connectivity index (χ2v) is 5.27. The minimum atomic E-state index is 0. The van der Waals surface area contributed by atoms with Crippen molar-refractivity contribution in [3.8, 4) is 17.2 Å². The first kappa shape index (κ1) is 20.8. The van der Waals surface area contributed by atoms with Crippen LogP contribution in [-0.4, -0.2) is 39.7 Å². The zero-order chi connectivity index (χ0) is 17.2. The highest BCUT2D eigenvalue weighted by molar-refractivity contribution is 5.96. The Bertz CT molecular complexity index is 663. The number of halogens is 1. The second kappa shape index (κ2) is 11.3. The summed E-state index contributed by atoms with van der Waals surface area (Å²) in [7, 11) is 3.22. The Labute approximate surface area is 154 Å². The van der Waals surface area contributed by atoms with Gasteiger partial charge in [0.2, 0.25) is 0 Å². The fourth-order valence-corrected chi connectivity index (χ4v) is 2.31. The van der Waals surface area contributed by atoms with Crippen molar-refractivity contribution < 1.29 is 36.7 Å². The number of hydrogen-bond acceptors (Lipinski definition) is 4. The Hall–Kier alpha value is -2.24. The molecule has 0 aromatic heterocycles. The van der Waals surface area contributed by atoms with E-state index < -0.39 is 0 Å². The number of quaternary nitrogens is 1. The SMILES string of the molecule is COc1cccc(C(=O)CC[NH2+]CCOc2ccccc2OC)c1.[Cl-]. The molecule has 136 valence electrons. The standard InChI is InChI=1S/C19H23NO4.ClH/c1-22-16-7-5-6-15(14-16)17(21)10-11-20-12-13-24-19-9-4-3-8-18(19)23-2;/h3-9,14,20H,10-13H2,1-2H3;1H. The van der Waals surface area contributed by atoms with Gasteiger partial charge >= 0.3 is 0 Å². The lowest BCUT2D eigenvalue weighted by molar-refractivity contribution is -0.654. The molecule has 0 amide bonds. The largest absolute Gasteiger partial charge is 1.00 e. The topological polar surface area (TPSA) is 61.4 Å². The van der Waals surface area contributed by atoms with Crippen LogP contribution < -0.4 is 31.9 Å². The van der Waals surface area contributed by atoms with Gasteiger partial charge in [-0.05, 0) is 24.3 Å². The first-order valence-corrected chi connectivity index (χ1v) is 7.99. The van der Waals surface area contributed by atoms with Crippen molar-refractivity contribution in [3.05, 3.63) is 54.1 Å². The zero-order valence-electron chi connectivity index (χ0n) is 14.5. The van der Waals surface area contributed by atoms with E-state index in [4.69, 9.17) is 14.2 Å². The van der Waals surface area contributed by atoms with Gasteiger partial charge in [0.15, 0.2) is 17.3 Å². The van der Waals surface area contributed by atoms with E-state index in [0.29, 0.717) is 24.3 Å². The van der Waals surface area contributed by atoms with Crippen LogP contribution in [0.1, 0.15) is 16.8 Å². The zero-order valence-corrected chi connectivity index (χ0v) is 15.3. The van der Waals surface area contributed by atoms with E-state index in [-0.39, 0.29) is 18.2 Å². The number of carbonyl (C=O) groups is 1. The number of rotatable bonds is 10. The molecule has 0 bridgehead atoms. The molecule has 2 aromatic carbocycles. The summed E-state index contributed by atoms with van der Waals surface area (Å²) in [5.41, 5.74) is 0.688. The number of Topliss-reactive ketones (excluding diaryl/α,β-unsaturated/α-hetero) is 1. The smallest absolute Gasteiger partial charge is 0.168 e. The van der Waals surface area contributed by atoms with E-state index >= 15 is 0 Å². The molecule has 6 heteroatoms. The third-order valence-electron chi connectivity index (χ3n) is 3.62. The molecular weight excluding hydrogens is 342 g/mol. The first-order chi connectivity index (χ1) is 11.7. The van der Waals surface area contributed by atoms with Gasteiger partial charge in [0.25, 0.3) is 0 Å². The molecule has 2 N–H and O–H groups in total.